The van der Waals surface area contributed by atoms with Gasteiger partial charge in [0.2, 0.25) is 0 Å². The summed E-state index contributed by atoms with van der Waals surface area (Å²) in [6.45, 7) is 3.51. The van der Waals surface area contributed by atoms with Crippen molar-refractivity contribution in [2.24, 2.45) is 0 Å². The van der Waals surface area contributed by atoms with Gasteiger partial charge in [-0.25, -0.2) is 4.39 Å². The van der Waals surface area contributed by atoms with Gasteiger partial charge in [-0.05, 0) is 38.5 Å². The summed E-state index contributed by atoms with van der Waals surface area (Å²) in [6, 6.07) is 3.65. The fourth-order valence-corrected chi connectivity index (χ4v) is 1.44. The zero-order valence-corrected chi connectivity index (χ0v) is 9.96. The summed E-state index contributed by atoms with van der Waals surface area (Å²) in [5.41, 5.74) is 5.37. The Kier molecular flexibility index (Phi) is 4.07. The number of hydrogen-bond acceptors (Lipinski definition) is 3. The molecule has 0 radical (unpaired) electrons. The first-order chi connectivity index (χ1) is 7.85. The van der Waals surface area contributed by atoms with Crippen LogP contribution in [0, 0.1) is 5.82 Å². The molecule has 0 heterocycles. The van der Waals surface area contributed by atoms with Crippen molar-refractivity contribution in [1.29, 1.82) is 0 Å². The highest BCUT2D eigenvalue weighted by molar-refractivity contribution is 5.99. The minimum absolute atomic E-state index is 0.0358. The summed E-state index contributed by atoms with van der Waals surface area (Å²) in [4.78, 5) is 11.9. The molecule has 0 spiro atoms. The topological polar surface area (TPSA) is 75.3 Å². The molecule has 0 saturated heterocycles. The van der Waals surface area contributed by atoms with Crippen LogP contribution in [0.25, 0.3) is 0 Å². The normalized spacial score (nSPS) is 11.3. The Balaban J connectivity index is 2.86. The van der Waals surface area contributed by atoms with Crippen LogP contribution in [-0.2, 0) is 0 Å². The maximum Gasteiger partial charge on any atom is 0.253 e. The van der Waals surface area contributed by atoms with E-state index in [2.05, 4.69) is 5.32 Å². The Bertz CT molecular complexity index is 419. The van der Waals surface area contributed by atoms with Crippen LogP contribution in [-0.4, -0.2) is 23.2 Å². The highest BCUT2D eigenvalue weighted by Gasteiger charge is 2.21. The predicted octanol–water partition coefficient (Wildman–Crippen LogP) is 1.30. The number of amides is 1. The largest absolute Gasteiger partial charge is 0.398 e. The minimum Gasteiger partial charge on any atom is -0.398 e. The second kappa shape index (κ2) is 5.14. The van der Waals surface area contributed by atoms with Crippen molar-refractivity contribution in [3.8, 4) is 0 Å². The molecule has 0 aliphatic rings. The highest BCUT2D eigenvalue weighted by atomic mass is 19.1. The third kappa shape index (κ3) is 3.71. The summed E-state index contributed by atoms with van der Waals surface area (Å²) >= 11 is 0. The second-order valence-electron chi connectivity index (χ2n) is 4.54. The van der Waals surface area contributed by atoms with E-state index >= 15 is 0 Å². The number of aliphatic hydroxyl groups excluding tert-OH is 1. The Morgan fingerprint density at radius 3 is 2.76 bits per heavy atom. The second-order valence-corrected chi connectivity index (χ2v) is 4.54. The number of rotatable bonds is 4. The minimum atomic E-state index is -0.565. The number of benzene rings is 1. The van der Waals surface area contributed by atoms with Gasteiger partial charge in [0.15, 0.2) is 0 Å². The lowest BCUT2D eigenvalue weighted by Crippen LogP contribution is -2.44. The van der Waals surface area contributed by atoms with Gasteiger partial charge in [-0.3, -0.25) is 4.79 Å². The van der Waals surface area contributed by atoms with E-state index in [-0.39, 0.29) is 17.9 Å². The van der Waals surface area contributed by atoms with E-state index in [1.807, 2.05) is 0 Å². The molecule has 17 heavy (non-hydrogen) atoms. The summed E-state index contributed by atoms with van der Waals surface area (Å²) in [5, 5.41) is 11.5. The van der Waals surface area contributed by atoms with E-state index in [1.165, 1.54) is 12.1 Å². The smallest absolute Gasteiger partial charge is 0.253 e. The van der Waals surface area contributed by atoms with E-state index in [9.17, 15) is 9.18 Å². The number of anilines is 1. The van der Waals surface area contributed by atoms with Crippen LogP contribution in [0.1, 0.15) is 30.6 Å². The predicted molar refractivity (Wildman–Crippen MR) is 64.1 cm³/mol. The van der Waals surface area contributed by atoms with Crippen LogP contribution in [0.4, 0.5) is 10.1 Å². The molecule has 0 atom stereocenters. The molecule has 0 aliphatic heterocycles. The fraction of sp³-hybridized carbons (Fsp3) is 0.417. The van der Waals surface area contributed by atoms with Crippen molar-refractivity contribution in [3.63, 3.8) is 0 Å². The molecule has 1 amide bonds. The standard InChI is InChI=1S/C12H17FN2O2/c1-12(2,5-6-16)15-11(17)9-7-8(13)3-4-10(9)14/h3-4,7,16H,5-6,14H2,1-2H3,(H,15,17). The molecule has 0 unspecified atom stereocenters. The van der Waals surface area contributed by atoms with Gasteiger partial charge in [0.05, 0.1) is 5.56 Å². The van der Waals surface area contributed by atoms with E-state index < -0.39 is 17.3 Å². The molecule has 94 valence electrons. The number of nitrogens with two attached hydrogens (primary N) is 1. The molecule has 0 aliphatic carbocycles. The maximum atomic E-state index is 13.0. The van der Waals surface area contributed by atoms with Crippen LogP contribution >= 0.6 is 0 Å². The fourth-order valence-electron chi connectivity index (χ4n) is 1.44. The molecule has 1 aromatic rings. The van der Waals surface area contributed by atoms with Gasteiger partial charge in [0.25, 0.3) is 5.91 Å². The first kappa shape index (κ1) is 13.4. The molecule has 0 bridgehead atoms. The number of carbonyl (C=O) groups is 1. The first-order valence-electron chi connectivity index (χ1n) is 5.34. The zero-order chi connectivity index (χ0) is 13.1. The third-order valence-corrected chi connectivity index (χ3v) is 2.45. The highest BCUT2D eigenvalue weighted by Crippen LogP contribution is 2.15. The molecule has 1 rings (SSSR count). The van der Waals surface area contributed by atoms with Crippen LogP contribution in [0.3, 0.4) is 0 Å². The third-order valence-electron chi connectivity index (χ3n) is 2.45. The Morgan fingerprint density at radius 2 is 2.18 bits per heavy atom. The Hall–Kier alpha value is -1.62. The van der Waals surface area contributed by atoms with Crippen molar-refractivity contribution >= 4 is 11.6 Å². The zero-order valence-electron chi connectivity index (χ0n) is 9.96. The van der Waals surface area contributed by atoms with E-state index in [4.69, 9.17) is 10.8 Å². The number of aliphatic hydroxyl groups is 1. The van der Waals surface area contributed by atoms with Crippen molar-refractivity contribution in [2.75, 3.05) is 12.3 Å². The number of hydrogen-bond donors (Lipinski definition) is 3. The van der Waals surface area contributed by atoms with Gasteiger partial charge in [-0.1, -0.05) is 0 Å². The van der Waals surface area contributed by atoms with E-state index in [0.717, 1.165) is 6.07 Å². The molecule has 4 nitrogen and oxygen atoms in total. The lowest BCUT2D eigenvalue weighted by Gasteiger charge is -2.25. The summed E-state index contributed by atoms with van der Waals surface area (Å²) in [7, 11) is 0. The van der Waals surface area contributed by atoms with Gasteiger partial charge < -0.3 is 16.2 Å². The number of nitrogens with one attached hydrogen (secondary N) is 1. The van der Waals surface area contributed by atoms with Gasteiger partial charge in [0, 0.05) is 17.8 Å². The summed E-state index contributed by atoms with van der Waals surface area (Å²) in [5.74, 6) is -0.954. The average molecular weight is 240 g/mol. The van der Waals surface area contributed by atoms with Gasteiger partial charge in [-0.2, -0.15) is 0 Å². The monoisotopic (exact) mass is 240 g/mol. The van der Waals surface area contributed by atoms with E-state index in [1.54, 1.807) is 13.8 Å². The van der Waals surface area contributed by atoms with Crippen LogP contribution < -0.4 is 11.1 Å². The average Bonchev–Trinajstić information content (AvgIpc) is 2.20. The first-order valence-corrected chi connectivity index (χ1v) is 5.34. The van der Waals surface area contributed by atoms with Crippen LogP contribution in [0.5, 0.6) is 0 Å². The Morgan fingerprint density at radius 1 is 1.53 bits per heavy atom. The summed E-state index contributed by atoms with van der Waals surface area (Å²) in [6.07, 6.45) is 0.411. The molecular weight excluding hydrogens is 223 g/mol. The maximum absolute atomic E-state index is 13.0. The lowest BCUT2D eigenvalue weighted by atomic mass is 10.0. The van der Waals surface area contributed by atoms with Gasteiger partial charge in [0.1, 0.15) is 5.82 Å². The van der Waals surface area contributed by atoms with Gasteiger partial charge >= 0.3 is 0 Å². The lowest BCUT2D eigenvalue weighted by molar-refractivity contribution is 0.0900. The number of halogens is 1. The van der Waals surface area contributed by atoms with Crippen LogP contribution in [0.2, 0.25) is 0 Å². The summed E-state index contributed by atoms with van der Waals surface area (Å²) < 4.78 is 13.0. The number of nitrogen functional groups attached to an aromatic ring is 1. The quantitative estimate of drug-likeness (QED) is 0.694. The molecular formula is C12H17FN2O2. The van der Waals surface area contributed by atoms with Crippen molar-refractivity contribution in [1.82, 2.24) is 5.32 Å². The van der Waals surface area contributed by atoms with E-state index in [0.29, 0.717) is 6.42 Å². The molecule has 5 heteroatoms. The van der Waals surface area contributed by atoms with Gasteiger partial charge in [-0.15, -0.1) is 0 Å². The SMILES string of the molecule is CC(C)(CCO)NC(=O)c1cc(F)ccc1N. The molecule has 0 aromatic heterocycles. The van der Waals surface area contributed by atoms with Crippen molar-refractivity contribution < 1.29 is 14.3 Å². The van der Waals surface area contributed by atoms with Crippen molar-refractivity contribution in [3.05, 3.63) is 29.6 Å². The molecule has 4 N–H and O–H groups in total. The molecule has 1 aromatic carbocycles. The molecule has 0 fully saturated rings. The number of carbonyl (C=O) groups excluding carboxylic acids is 1. The van der Waals surface area contributed by atoms with Crippen molar-refractivity contribution in [2.45, 2.75) is 25.8 Å². The van der Waals surface area contributed by atoms with Crippen LogP contribution in [0.15, 0.2) is 18.2 Å². The molecule has 0 saturated carbocycles. The Labute approximate surface area is 99.6 Å².